The van der Waals surface area contributed by atoms with Crippen molar-refractivity contribution in [3.63, 3.8) is 0 Å². The molecule has 0 saturated heterocycles. The first-order valence-corrected chi connectivity index (χ1v) is 8.85. The Labute approximate surface area is 150 Å². The molecule has 0 atom stereocenters. The molecule has 0 bridgehead atoms. The molecular formula is C19H20N2O3S. The number of nitrogens with one attached hydrogen (secondary N) is 1. The van der Waals surface area contributed by atoms with Crippen molar-refractivity contribution >= 4 is 28.6 Å². The number of methoxy groups -OCH3 is 2. The van der Waals surface area contributed by atoms with Gasteiger partial charge in [-0.2, -0.15) is 0 Å². The highest BCUT2D eigenvalue weighted by atomic mass is 32.2. The monoisotopic (exact) mass is 356 g/mol. The normalized spacial score (nSPS) is 10.9. The summed E-state index contributed by atoms with van der Waals surface area (Å²) >= 11 is 1.68. The van der Waals surface area contributed by atoms with E-state index in [9.17, 15) is 4.79 Å². The van der Waals surface area contributed by atoms with E-state index in [4.69, 9.17) is 9.47 Å². The molecule has 0 aliphatic carbocycles. The lowest BCUT2D eigenvalue weighted by atomic mass is 10.1. The summed E-state index contributed by atoms with van der Waals surface area (Å²) in [5, 5.41) is 1.00. The number of thioether (sulfide) groups is 1. The maximum atomic E-state index is 11.8. The van der Waals surface area contributed by atoms with E-state index in [-0.39, 0.29) is 5.97 Å². The third-order valence-electron chi connectivity index (χ3n) is 4.18. The summed E-state index contributed by atoms with van der Waals surface area (Å²) in [6.07, 6.45) is 3.80. The lowest BCUT2D eigenvalue weighted by Crippen LogP contribution is -2.00. The molecule has 0 aliphatic rings. The van der Waals surface area contributed by atoms with Gasteiger partial charge in [0.2, 0.25) is 0 Å². The molecule has 5 nitrogen and oxygen atoms in total. The summed E-state index contributed by atoms with van der Waals surface area (Å²) in [4.78, 5) is 20.6. The van der Waals surface area contributed by atoms with Crippen LogP contribution in [0, 0.1) is 13.8 Å². The van der Waals surface area contributed by atoms with E-state index in [0.717, 1.165) is 44.1 Å². The predicted molar refractivity (Wildman–Crippen MR) is 99.5 cm³/mol. The number of nitrogens with zero attached hydrogens (tertiary/aromatic N) is 1. The first kappa shape index (κ1) is 17.4. The molecule has 0 fully saturated rings. The maximum Gasteiger partial charge on any atom is 0.337 e. The van der Waals surface area contributed by atoms with Crippen LogP contribution in [0.25, 0.3) is 10.9 Å². The SMILES string of the molecule is COC(=O)c1ccc2[nH]cc(SCc3ncc(C)c(OC)c3C)c2c1. The van der Waals surface area contributed by atoms with Crippen molar-refractivity contribution in [2.75, 3.05) is 14.2 Å². The van der Waals surface area contributed by atoms with Crippen LogP contribution < -0.4 is 4.74 Å². The van der Waals surface area contributed by atoms with Crippen LogP contribution in [0.1, 0.15) is 27.2 Å². The van der Waals surface area contributed by atoms with Gasteiger partial charge in [-0.25, -0.2) is 4.79 Å². The molecule has 25 heavy (non-hydrogen) atoms. The summed E-state index contributed by atoms with van der Waals surface area (Å²) in [5.74, 6) is 1.27. The molecule has 0 saturated carbocycles. The minimum atomic E-state index is -0.333. The number of aryl methyl sites for hydroxylation is 1. The number of H-pyrrole nitrogens is 1. The molecule has 1 aromatic carbocycles. The smallest absolute Gasteiger partial charge is 0.337 e. The van der Waals surface area contributed by atoms with Gasteiger partial charge in [-0.15, -0.1) is 11.8 Å². The third kappa shape index (κ3) is 3.35. The molecule has 3 aromatic rings. The number of pyridine rings is 1. The van der Waals surface area contributed by atoms with Crippen molar-refractivity contribution in [2.24, 2.45) is 0 Å². The molecule has 2 heterocycles. The maximum absolute atomic E-state index is 11.8. The molecule has 3 rings (SSSR count). The molecular weight excluding hydrogens is 336 g/mol. The Bertz CT molecular complexity index is 934. The average Bonchev–Trinajstić information content (AvgIpc) is 3.03. The average molecular weight is 356 g/mol. The zero-order chi connectivity index (χ0) is 18.0. The Morgan fingerprint density at radius 3 is 2.80 bits per heavy atom. The number of rotatable bonds is 5. The Morgan fingerprint density at radius 2 is 2.08 bits per heavy atom. The summed E-state index contributed by atoms with van der Waals surface area (Å²) < 4.78 is 10.3. The van der Waals surface area contributed by atoms with Gasteiger partial charge in [0.15, 0.2) is 0 Å². The summed E-state index contributed by atoms with van der Waals surface area (Å²) in [6.45, 7) is 4.02. The number of esters is 1. The van der Waals surface area contributed by atoms with Gasteiger partial charge in [0, 0.05) is 45.1 Å². The molecule has 2 aromatic heterocycles. The Kier molecular flexibility index (Phi) is 4.99. The summed E-state index contributed by atoms with van der Waals surface area (Å²) in [6, 6.07) is 5.51. The Morgan fingerprint density at radius 1 is 1.28 bits per heavy atom. The van der Waals surface area contributed by atoms with Crippen molar-refractivity contribution in [1.82, 2.24) is 9.97 Å². The number of fused-ring (bicyclic) bond motifs is 1. The minimum Gasteiger partial charge on any atom is -0.496 e. The highest BCUT2D eigenvalue weighted by Gasteiger charge is 2.13. The molecule has 1 N–H and O–H groups in total. The fourth-order valence-corrected chi connectivity index (χ4v) is 3.87. The van der Waals surface area contributed by atoms with Gasteiger partial charge in [0.05, 0.1) is 25.5 Å². The number of aromatic amines is 1. The minimum absolute atomic E-state index is 0.333. The fourth-order valence-electron chi connectivity index (χ4n) is 2.82. The number of ether oxygens (including phenoxy) is 2. The molecule has 0 amide bonds. The van der Waals surface area contributed by atoms with E-state index in [1.807, 2.05) is 38.4 Å². The van der Waals surface area contributed by atoms with Crippen molar-refractivity contribution < 1.29 is 14.3 Å². The zero-order valence-corrected chi connectivity index (χ0v) is 15.5. The van der Waals surface area contributed by atoms with Crippen LogP contribution in [-0.4, -0.2) is 30.2 Å². The van der Waals surface area contributed by atoms with Crippen LogP contribution in [-0.2, 0) is 10.5 Å². The van der Waals surface area contributed by atoms with Gasteiger partial charge in [-0.3, -0.25) is 4.98 Å². The summed E-state index contributed by atoms with van der Waals surface area (Å²) in [5.41, 5.74) is 4.61. The largest absolute Gasteiger partial charge is 0.496 e. The van der Waals surface area contributed by atoms with E-state index >= 15 is 0 Å². The molecule has 0 unspecified atom stereocenters. The van der Waals surface area contributed by atoms with E-state index < -0.39 is 0 Å². The lowest BCUT2D eigenvalue weighted by molar-refractivity contribution is 0.0601. The first-order valence-electron chi connectivity index (χ1n) is 7.86. The van der Waals surface area contributed by atoms with Crippen LogP contribution in [0.4, 0.5) is 0 Å². The van der Waals surface area contributed by atoms with Crippen LogP contribution in [0.2, 0.25) is 0 Å². The highest BCUT2D eigenvalue weighted by molar-refractivity contribution is 7.98. The van der Waals surface area contributed by atoms with Gasteiger partial charge < -0.3 is 14.5 Å². The molecule has 0 aliphatic heterocycles. The van der Waals surface area contributed by atoms with Gasteiger partial charge >= 0.3 is 5.97 Å². The molecule has 6 heteroatoms. The summed E-state index contributed by atoms with van der Waals surface area (Å²) in [7, 11) is 3.07. The van der Waals surface area contributed by atoms with Crippen LogP contribution >= 0.6 is 11.8 Å². The van der Waals surface area contributed by atoms with Crippen molar-refractivity contribution in [2.45, 2.75) is 24.5 Å². The standard InChI is InChI=1S/C19H20N2O3S/c1-11-8-20-16(12(2)18(11)23-3)10-25-17-9-21-15-6-5-13(7-14(15)17)19(22)24-4/h5-9,21H,10H2,1-4H3. The number of hydrogen-bond donors (Lipinski definition) is 1. The van der Waals surface area contributed by atoms with E-state index in [1.54, 1.807) is 24.9 Å². The van der Waals surface area contributed by atoms with E-state index in [2.05, 4.69) is 9.97 Å². The zero-order valence-electron chi connectivity index (χ0n) is 14.7. The molecule has 130 valence electrons. The quantitative estimate of drug-likeness (QED) is 0.546. The van der Waals surface area contributed by atoms with Crippen LogP contribution in [0.5, 0.6) is 5.75 Å². The van der Waals surface area contributed by atoms with E-state index in [1.165, 1.54) is 7.11 Å². The second-order valence-electron chi connectivity index (χ2n) is 5.74. The number of benzene rings is 1. The topological polar surface area (TPSA) is 64.2 Å². The Balaban J connectivity index is 1.88. The molecule has 0 radical (unpaired) electrons. The van der Waals surface area contributed by atoms with Gasteiger partial charge in [-0.1, -0.05) is 0 Å². The Hall–Kier alpha value is -2.47. The first-order chi connectivity index (χ1) is 12.0. The second-order valence-corrected chi connectivity index (χ2v) is 6.76. The molecule has 0 spiro atoms. The van der Waals surface area contributed by atoms with Crippen LogP contribution in [0.3, 0.4) is 0 Å². The van der Waals surface area contributed by atoms with Crippen molar-refractivity contribution in [3.8, 4) is 5.75 Å². The number of hydrogen-bond acceptors (Lipinski definition) is 5. The number of aromatic nitrogens is 2. The highest BCUT2D eigenvalue weighted by Crippen LogP contribution is 2.33. The third-order valence-corrected chi connectivity index (χ3v) is 5.25. The number of carbonyl (C=O) groups excluding carboxylic acids is 1. The second kappa shape index (κ2) is 7.19. The van der Waals surface area contributed by atoms with E-state index in [0.29, 0.717) is 5.56 Å². The van der Waals surface area contributed by atoms with Gasteiger partial charge in [-0.05, 0) is 32.0 Å². The van der Waals surface area contributed by atoms with Crippen molar-refractivity contribution in [3.05, 3.63) is 53.0 Å². The lowest BCUT2D eigenvalue weighted by Gasteiger charge is -2.11. The van der Waals surface area contributed by atoms with Crippen LogP contribution in [0.15, 0.2) is 35.5 Å². The predicted octanol–water partition coefficient (Wildman–Crippen LogP) is 4.27. The van der Waals surface area contributed by atoms with Gasteiger partial charge in [0.1, 0.15) is 5.75 Å². The van der Waals surface area contributed by atoms with Gasteiger partial charge in [0.25, 0.3) is 0 Å². The fraction of sp³-hybridized carbons (Fsp3) is 0.263. The van der Waals surface area contributed by atoms with Crippen molar-refractivity contribution in [1.29, 1.82) is 0 Å². The number of carbonyl (C=O) groups is 1.